The lowest BCUT2D eigenvalue weighted by Gasteiger charge is -2.29. The standard InChI is InChI=1S/C23H19F3N4O2S/c1-31-23(26,22-29-20(25)12-33-22)14-2-5-18(24)17(10-14)21-16-4-3-15(11-19(16)27-13-28-21)30-6-8-32-9-7-30/h2-5,10-13H,6-9H2,1H3. The van der Waals surface area contributed by atoms with E-state index in [2.05, 4.69) is 19.9 Å². The predicted molar refractivity (Wildman–Crippen MR) is 119 cm³/mol. The highest BCUT2D eigenvalue weighted by molar-refractivity contribution is 7.09. The number of nitrogens with zero attached hydrogens (tertiary/aromatic N) is 4. The van der Waals surface area contributed by atoms with Crippen molar-refractivity contribution in [2.24, 2.45) is 0 Å². The minimum Gasteiger partial charge on any atom is -0.378 e. The highest BCUT2D eigenvalue weighted by Gasteiger charge is 2.38. The lowest BCUT2D eigenvalue weighted by Crippen LogP contribution is -2.36. The molecule has 0 N–H and O–H groups in total. The number of hydrogen-bond donors (Lipinski definition) is 0. The van der Waals surface area contributed by atoms with E-state index in [0.29, 0.717) is 29.8 Å². The van der Waals surface area contributed by atoms with Crippen molar-refractivity contribution in [3.05, 3.63) is 70.4 Å². The molecule has 2 aromatic carbocycles. The smallest absolute Gasteiger partial charge is 0.288 e. The summed E-state index contributed by atoms with van der Waals surface area (Å²) in [5, 5.41) is 1.48. The number of morpholine rings is 1. The van der Waals surface area contributed by atoms with Gasteiger partial charge in [-0.1, -0.05) is 0 Å². The van der Waals surface area contributed by atoms with E-state index in [-0.39, 0.29) is 16.1 Å². The molecule has 3 heterocycles. The third-order valence-corrected chi connectivity index (χ3v) is 6.51. The third-order valence-electron chi connectivity index (χ3n) is 5.62. The number of halogens is 3. The fraction of sp³-hybridized carbons (Fsp3) is 0.261. The fourth-order valence-corrected chi connectivity index (χ4v) is 4.67. The monoisotopic (exact) mass is 472 g/mol. The number of rotatable bonds is 5. The molecule has 6 nitrogen and oxygen atoms in total. The van der Waals surface area contributed by atoms with E-state index in [1.807, 2.05) is 18.2 Å². The van der Waals surface area contributed by atoms with Gasteiger partial charge in [0.15, 0.2) is 5.01 Å². The van der Waals surface area contributed by atoms with Crippen molar-refractivity contribution in [2.75, 3.05) is 38.3 Å². The Hall–Kier alpha value is -3.08. The highest BCUT2D eigenvalue weighted by atomic mass is 32.1. The van der Waals surface area contributed by atoms with Gasteiger partial charge >= 0.3 is 0 Å². The van der Waals surface area contributed by atoms with Crippen LogP contribution < -0.4 is 4.90 Å². The van der Waals surface area contributed by atoms with E-state index in [9.17, 15) is 8.78 Å². The highest BCUT2D eigenvalue weighted by Crippen LogP contribution is 2.39. The first-order chi connectivity index (χ1) is 16.0. The van der Waals surface area contributed by atoms with Gasteiger partial charge < -0.3 is 14.4 Å². The van der Waals surface area contributed by atoms with Gasteiger partial charge in [0.1, 0.15) is 12.1 Å². The minimum absolute atomic E-state index is 0.0209. The number of aromatic nitrogens is 3. The Balaban J connectivity index is 1.60. The van der Waals surface area contributed by atoms with Crippen LogP contribution in [0, 0.1) is 11.8 Å². The van der Waals surface area contributed by atoms with Crippen molar-refractivity contribution in [3.8, 4) is 11.3 Å². The first-order valence-electron chi connectivity index (χ1n) is 10.2. The Morgan fingerprint density at radius 3 is 2.64 bits per heavy atom. The van der Waals surface area contributed by atoms with Crippen LogP contribution in [0.5, 0.6) is 0 Å². The molecule has 170 valence electrons. The van der Waals surface area contributed by atoms with Crippen molar-refractivity contribution >= 4 is 27.9 Å². The average molecular weight is 472 g/mol. The second-order valence-electron chi connectivity index (χ2n) is 7.49. The maximum absolute atomic E-state index is 15.8. The Morgan fingerprint density at radius 1 is 1.09 bits per heavy atom. The van der Waals surface area contributed by atoms with Gasteiger partial charge in [-0.25, -0.2) is 19.3 Å². The Morgan fingerprint density at radius 2 is 1.91 bits per heavy atom. The summed E-state index contributed by atoms with van der Waals surface area (Å²) in [6.07, 6.45) is 1.35. The van der Waals surface area contributed by atoms with Crippen molar-refractivity contribution in [3.63, 3.8) is 0 Å². The molecule has 1 unspecified atom stereocenters. The molecule has 1 aliphatic rings. The van der Waals surface area contributed by atoms with E-state index >= 15 is 4.39 Å². The molecule has 0 saturated carbocycles. The molecule has 0 amide bonds. The van der Waals surface area contributed by atoms with E-state index in [1.54, 1.807) is 0 Å². The molecule has 0 bridgehead atoms. The SMILES string of the molecule is COC(F)(c1ccc(F)c(-c2ncnc3cc(N4CCOCC4)ccc23)c1)c1nc(F)cs1. The van der Waals surface area contributed by atoms with Gasteiger partial charge in [-0.15, -0.1) is 11.3 Å². The second-order valence-corrected chi connectivity index (χ2v) is 8.35. The number of hydrogen-bond acceptors (Lipinski definition) is 7. The summed E-state index contributed by atoms with van der Waals surface area (Å²) in [5.74, 6) is -3.93. The number of alkyl halides is 1. The Labute approximate surface area is 191 Å². The van der Waals surface area contributed by atoms with Gasteiger partial charge in [-0.2, -0.15) is 8.78 Å². The summed E-state index contributed by atoms with van der Waals surface area (Å²) in [5.41, 5.74) is 1.99. The minimum atomic E-state index is -2.54. The topological polar surface area (TPSA) is 60.4 Å². The van der Waals surface area contributed by atoms with Crippen LogP contribution in [0.1, 0.15) is 10.6 Å². The summed E-state index contributed by atoms with van der Waals surface area (Å²) >= 11 is 0.780. The second kappa shape index (κ2) is 8.69. The van der Waals surface area contributed by atoms with Crippen molar-refractivity contribution in [1.29, 1.82) is 0 Å². The number of ether oxygens (including phenoxy) is 2. The molecule has 1 saturated heterocycles. The Bertz CT molecular complexity index is 1310. The number of thiazole rings is 1. The zero-order chi connectivity index (χ0) is 23.0. The summed E-state index contributed by atoms with van der Waals surface area (Å²) in [7, 11) is 1.15. The first-order valence-corrected chi connectivity index (χ1v) is 11.1. The summed E-state index contributed by atoms with van der Waals surface area (Å²) in [6.45, 7) is 2.84. The first kappa shape index (κ1) is 21.7. The van der Waals surface area contributed by atoms with Gasteiger partial charge in [-0.05, 0) is 36.4 Å². The van der Waals surface area contributed by atoms with Crippen LogP contribution in [0.2, 0.25) is 0 Å². The van der Waals surface area contributed by atoms with E-state index in [1.165, 1.54) is 18.5 Å². The zero-order valence-corrected chi connectivity index (χ0v) is 18.4. The summed E-state index contributed by atoms with van der Waals surface area (Å²) in [6, 6.07) is 9.38. The maximum atomic E-state index is 15.8. The van der Waals surface area contributed by atoms with Gasteiger partial charge in [0.2, 0.25) is 5.95 Å². The van der Waals surface area contributed by atoms with Crippen molar-refractivity contribution in [1.82, 2.24) is 15.0 Å². The van der Waals surface area contributed by atoms with Crippen LogP contribution in [-0.2, 0) is 15.3 Å². The van der Waals surface area contributed by atoms with E-state index in [4.69, 9.17) is 9.47 Å². The summed E-state index contributed by atoms with van der Waals surface area (Å²) in [4.78, 5) is 14.4. The Kier molecular flexibility index (Phi) is 5.73. The number of methoxy groups -OCH3 is 1. The van der Waals surface area contributed by atoms with Crippen LogP contribution in [0.15, 0.2) is 48.1 Å². The average Bonchev–Trinajstić information content (AvgIpc) is 3.30. The van der Waals surface area contributed by atoms with Crippen LogP contribution >= 0.6 is 11.3 Å². The molecule has 0 radical (unpaired) electrons. The van der Waals surface area contributed by atoms with Crippen molar-refractivity contribution < 1.29 is 22.6 Å². The zero-order valence-electron chi connectivity index (χ0n) is 17.6. The molecule has 2 aromatic heterocycles. The van der Waals surface area contributed by atoms with Gasteiger partial charge in [0.25, 0.3) is 5.85 Å². The molecule has 1 atom stereocenters. The number of fused-ring (bicyclic) bond motifs is 1. The molecule has 0 aliphatic carbocycles. The molecule has 33 heavy (non-hydrogen) atoms. The van der Waals surface area contributed by atoms with Crippen molar-refractivity contribution in [2.45, 2.75) is 5.85 Å². The lowest BCUT2D eigenvalue weighted by molar-refractivity contribution is -0.0924. The van der Waals surface area contributed by atoms with E-state index < -0.39 is 17.6 Å². The van der Waals surface area contributed by atoms with Crippen LogP contribution in [0.3, 0.4) is 0 Å². The van der Waals surface area contributed by atoms with Crippen LogP contribution in [-0.4, -0.2) is 48.4 Å². The molecular formula is C23H19F3N4O2S. The van der Waals surface area contributed by atoms with E-state index in [0.717, 1.165) is 48.7 Å². The number of anilines is 1. The predicted octanol–water partition coefficient (Wildman–Crippen LogP) is 4.69. The third kappa shape index (κ3) is 3.94. The molecule has 1 aliphatic heterocycles. The molecule has 10 heteroatoms. The van der Waals surface area contributed by atoms with Gasteiger partial charge in [0, 0.05) is 47.8 Å². The maximum Gasteiger partial charge on any atom is 0.288 e. The molecule has 0 spiro atoms. The van der Waals surface area contributed by atoms with Crippen LogP contribution in [0.25, 0.3) is 22.2 Å². The number of benzene rings is 2. The normalized spacial score (nSPS) is 16.2. The molecule has 5 rings (SSSR count). The lowest BCUT2D eigenvalue weighted by atomic mass is 9.99. The largest absolute Gasteiger partial charge is 0.378 e. The quantitative estimate of drug-likeness (QED) is 0.420. The van der Waals surface area contributed by atoms with Gasteiger partial charge in [-0.3, -0.25) is 0 Å². The molecule has 4 aromatic rings. The van der Waals surface area contributed by atoms with Crippen LogP contribution in [0.4, 0.5) is 18.9 Å². The molecule has 1 fully saturated rings. The fourth-order valence-electron chi connectivity index (χ4n) is 3.92. The summed E-state index contributed by atoms with van der Waals surface area (Å²) < 4.78 is 54.6. The van der Waals surface area contributed by atoms with Gasteiger partial charge in [0.05, 0.1) is 24.4 Å². The molecular weight excluding hydrogens is 453 g/mol.